The summed E-state index contributed by atoms with van der Waals surface area (Å²) in [5, 5.41) is 13.5. The molecule has 0 saturated carbocycles. The molecule has 0 unspecified atom stereocenters. The zero-order chi connectivity index (χ0) is 15.6. The van der Waals surface area contributed by atoms with Crippen LogP contribution in [0, 0.1) is 29.8 Å². The van der Waals surface area contributed by atoms with E-state index in [1.165, 1.54) is 36.4 Å². The van der Waals surface area contributed by atoms with Gasteiger partial charge in [-0.15, -0.1) is 0 Å². The van der Waals surface area contributed by atoms with E-state index in [0.717, 1.165) is 0 Å². The lowest BCUT2D eigenvalue weighted by Crippen LogP contribution is -2.13. The van der Waals surface area contributed by atoms with Crippen molar-refractivity contribution in [3.63, 3.8) is 0 Å². The number of nitro groups is 1. The van der Waals surface area contributed by atoms with Crippen molar-refractivity contribution in [2.45, 2.75) is 13.8 Å². The molecular weight excluding hydrogens is 275 g/mol. The van der Waals surface area contributed by atoms with Crippen LogP contribution in [-0.4, -0.2) is 10.8 Å². The number of hydrogen-bond acceptors (Lipinski definition) is 3. The molecule has 0 aromatic heterocycles. The third-order valence-electron chi connectivity index (χ3n) is 3.31. The van der Waals surface area contributed by atoms with Gasteiger partial charge >= 0.3 is 0 Å². The Bertz CT molecular complexity index is 712. The van der Waals surface area contributed by atoms with Gasteiger partial charge in [-0.25, -0.2) is 4.39 Å². The van der Waals surface area contributed by atoms with E-state index >= 15 is 0 Å². The highest BCUT2D eigenvalue weighted by Crippen LogP contribution is 2.27. The van der Waals surface area contributed by atoms with Crippen molar-refractivity contribution in [1.29, 1.82) is 0 Å². The quantitative estimate of drug-likeness (QED) is 0.692. The number of halogens is 1. The molecule has 1 amide bonds. The minimum Gasteiger partial charge on any atom is -0.322 e. The topological polar surface area (TPSA) is 72.2 Å². The number of nitro benzene ring substituents is 1. The van der Waals surface area contributed by atoms with Crippen LogP contribution in [0.2, 0.25) is 0 Å². The van der Waals surface area contributed by atoms with Crippen LogP contribution in [-0.2, 0) is 0 Å². The van der Waals surface area contributed by atoms with E-state index in [0.29, 0.717) is 22.4 Å². The highest BCUT2D eigenvalue weighted by atomic mass is 19.1. The van der Waals surface area contributed by atoms with Crippen LogP contribution in [0.15, 0.2) is 36.4 Å². The summed E-state index contributed by atoms with van der Waals surface area (Å²) >= 11 is 0. The van der Waals surface area contributed by atoms with Gasteiger partial charge < -0.3 is 5.32 Å². The molecule has 2 aromatic rings. The Hall–Kier alpha value is -2.76. The summed E-state index contributed by atoms with van der Waals surface area (Å²) in [4.78, 5) is 22.4. The summed E-state index contributed by atoms with van der Waals surface area (Å²) in [6.45, 7) is 3.32. The van der Waals surface area contributed by atoms with Gasteiger partial charge in [-0.1, -0.05) is 0 Å². The highest BCUT2D eigenvalue weighted by Gasteiger charge is 2.16. The van der Waals surface area contributed by atoms with E-state index in [4.69, 9.17) is 0 Å². The van der Waals surface area contributed by atoms with Gasteiger partial charge in [0.2, 0.25) is 0 Å². The SMILES string of the molecule is Cc1c(NC(=O)c2ccc(F)cc2)ccc([N+](=O)[O-])c1C. The Morgan fingerprint density at radius 2 is 1.71 bits per heavy atom. The first-order valence-corrected chi connectivity index (χ1v) is 6.21. The van der Waals surface area contributed by atoms with E-state index in [1.54, 1.807) is 13.8 Å². The Labute approximate surface area is 120 Å². The molecule has 0 aliphatic rings. The maximum absolute atomic E-state index is 12.8. The van der Waals surface area contributed by atoms with Crippen molar-refractivity contribution in [3.05, 3.63) is 69.0 Å². The van der Waals surface area contributed by atoms with Crippen molar-refractivity contribution in [2.24, 2.45) is 0 Å². The maximum atomic E-state index is 12.8. The van der Waals surface area contributed by atoms with Gasteiger partial charge in [-0.05, 0) is 49.7 Å². The lowest BCUT2D eigenvalue weighted by atomic mass is 10.1. The molecule has 0 atom stereocenters. The Balaban J connectivity index is 2.28. The van der Waals surface area contributed by atoms with Crippen LogP contribution in [0.25, 0.3) is 0 Å². The molecule has 1 N–H and O–H groups in total. The van der Waals surface area contributed by atoms with Gasteiger partial charge in [-0.2, -0.15) is 0 Å². The summed E-state index contributed by atoms with van der Waals surface area (Å²) in [5.41, 5.74) is 1.93. The Morgan fingerprint density at radius 3 is 2.29 bits per heavy atom. The minimum atomic E-state index is -0.464. The smallest absolute Gasteiger partial charge is 0.272 e. The minimum absolute atomic E-state index is 0.00674. The number of anilines is 1. The monoisotopic (exact) mass is 288 g/mol. The molecule has 6 heteroatoms. The summed E-state index contributed by atoms with van der Waals surface area (Å²) in [6, 6.07) is 7.98. The van der Waals surface area contributed by atoms with Crippen molar-refractivity contribution < 1.29 is 14.1 Å². The van der Waals surface area contributed by atoms with Crippen LogP contribution < -0.4 is 5.32 Å². The fourth-order valence-corrected chi connectivity index (χ4v) is 1.94. The number of amides is 1. The summed E-state index contributed by atoms with van der Waals surface area (Å²) < 4.78 is 12.8. The number of carbonyl (C=O) groups excluding carboxylic acids is 1. The van der Waals surface area contributed by atoms with Crippen LogP contribution in [0.1, 0.15) is 21.5 Å². The van der Waals surface area contributed by atoms with Gasteiger partial charge in [0.05, 0.1) is 4.92 Å². The van der Waals surface area contributed by atoms with Gasteiger partial charge in [0.25, 0.3) is 11.6 Å². The van der Waals surface area contributed by atoms with Crippen LogP contribution >= 0.6 is 0 Å². The molecule has 0 radical (unpaired) electrons. The average Bonchev–Trinajstić information content (AvgIpc) is 2.44. The molecule has 2 aromatic carbocycles. The average molecular weight is 288 g/mol. The third-order valence-corrected chi connectivity index (χ3v) is 3.31. The first-order valence-electron chi connectivity index (χ1n) is 6.21. The molecular formula is C15H13FN2O3. The zero-order valence-corrected chi connectivity index (χ0v) is 11.5. The van der Waals surface area contributed by atoms with E-state index in [9.17, 15) is 19.3 Å². The first kappa shape index (κ1) is 14.6. The first-order chi connectivity index (χ1) is 9.90. The summed E-state index contributed by atoms with van der Waals surface area (Å²) in [7, 11) is 0. The highest BCUT2D eigenvalue weighted by molar-refractivity contribution is 6.04. The normalized spacial score (nSPS) is 10.2. The number of rotatable bonds is 3. The Kier molecular flexibility index (Phi) is 3.98. The van der Waals surface area contributed by atoms with E-state index in [-0.39, 0.29) is 5.69 Å². The fraction of sp³-hybridized carbons (Fsp3) is 0.133. The van der Waals surface area contributed by atoms with Crippen LogP contribution in [0.5, 0.6) is 0 Å². The van der Waals surface area contributed by atoms with Crippen LogP contribution in [0.3, 0.4) is 0 Å². The fourth-order valence-electron chi connectivity index (χ4n) is 1.94. The molecule has 0 fully saturated rings. The van der Waals surface area contributed by atoms with Crippen molar-refractivity contribution in [3.8, 4) is 0 Å². The van der Waals surface area contributed by atoms with Gasteiger partial charge in [0.15, 0.2) is 0 Å². The number of nitrogens with zero attached hydrogens (tertiary/aromatic N) is 1. The van der Waals surface area contributed by atoms with Crippen LogP contribution in [0.4, 0.5) is 15.8 Å². The van der Waals surface area contributed by atoms with E-state index in [2.05, 4.69) is 5.32 Å². The second-order valence-corrected chi connectivity index (χ2v) is 4.60. The predicted molar refractivity (Wildman–Crippen MR) is 76.9 cm³/mol. The number of benzene rings is 2. The lowest BCUT2D eigenvalue weighted by molar-refractivity contribution is -0.385. The maximum Gasteiger partial charge on any atom is 0.272 e. The number of nitrogens with one attached hydrogen (secondary N) is 1. The molecule has 0 heterocycles. The van der Waals surface area contributed by atoms with Crippen molar-refractivity contribution in [1.82, 2.24) is 0 Å². The zero-order valence-electron chi connectivity index (χ0n) is 11.5. The van der Waals surface area contributed by atoms with Gasteiger partial charge in [0.1, 0.15) is 5.82 Å². The molecule has 0 aliphatic heterocycles. The molecule has 2 rings (SSSR count). The molecule has 0 aliphatic carbocycles. The number of carbonyl (C=O) groups is 1. The molecule has 5 nitrogen and oxygen atoms in total. The van der Waals surface area contributed by atoms with E-state index in [1.807, 2.05) is 0 Å². The van der Waals surface area contributed by atoms with E-state index < -0.39 is 16.6 Å². The molecule has 0 saturated heterocycles. The number of hydrogen-bond donors (Lipinski definition) is 1. The van der Waals surface area contributed by atoms with Crippen molar-refractivity contribution in [2.75, 3.05) is 5.32 Å². The molecule has 0 spiro atoms. The molecule has 21 heavy (non-hydrogen) atoms. The molecule has 0 bridgehead atoms. The van der Waals surface area contributed by atoms with Gasteiger partial charge in [-0.3, -0.25) is 14.9 Å². The molecule has 108 valence electrons. The third kappa shape index (κ3) is 3.05. The standard InChI is InChI=1S/C15H13FN2O3/c1-9-10(2)14(18(20)21)8-7-13(9)17-15(19)11-3-5-12(16)6-4-11/h3-8H,1-2H3,(H,17,19). The van der Waals surface area contributed by atoms with Gasteiger partial charge in [0, 0.05) is 22.9 Å². The summed E-state index contributed by atoms with van der Waals surface area (Å²) in [6.07, 6.45) is 0. The van der Waals surface area contributed by atoms with Crippen molar-refractivity contribution >= 4 is 17.3 Å². The predicted octanol–water partition coefficient (Wildman–Crippen LogP) is 3.60. The largest absolute Gasteiger partial charge is 0.322 e. The summed E-state index contributed by atoms with van der Waals surface area (Å²) in [5.74, 6) is -0.819. The lowest BCUT2D eigenvalue weighted by Gasteiger charge is -2.10. The second kappa shape index (κ2) is 5.70. The second-order valence-electron chi connectivity index (χ2n) is 4.60. The Morgan fingerprint density at radius 1 is 1.10 bits per heavy atom.